The molecule has 3 heteroatoms. The molecule has 0 amide bonds. The molecule has 0 saturated carbocycles. The molecule has 0 atom stereocenters. The monoisotopic (exact) mass is 112 g/mol. The molecule has 0 saturated heterocycles. The zero-order valence-corrected chi connectivity index (χ0v) is 4.92. The van der Waals surface area contributed by atoms with E-state index >= 15 is 0 Å². The molecule has 1 aromatic heterocycles. The molecule has 8 heavy (non-hydrogen) atoms. The van der Waals surface area contributed by atoms with Gasteiger partial charge in [-0.2, -0.15) is 4.98 Å². The van der Waals surface area contributed by atoms with E-state index in [9.17, 15) is 0 Å². The SMILES string of the molecule is Cc1nc(O)cn1C. The maximum atomic E-state index is 8.70. The van der Waals surface area contributed by atoms with E-state index in [1.165, 1.54) is 0 Å². The Hall–Kier alpha value is -0.990. The van der Waals surface area contributed by atoms with Crippen molar-refractivity contribution >= 4 is 0 Å². The van der Waals surface area contributed by atoms with Crippen molar-refractivity contribution in [2.75, 3.05) is 0 Å². The normalized spacial score (nSPS) is 9.75. The van der Waals surface area contributed by atoms with Crippen LogP contribution in [0.1, 0.15) is 5.82 Å². The van der Waals surface area contributed by atoms with E-state index in [-0.39, 0.29) is 5.88 Å². The highest BCUT2D eigenvalue weighted by Gasteiger charge is 1.94. The van der Waals surface area contributed by atoms with Crippen molar-refractivity contribution < 1.29 is 5.11 Å². The van der Waals surface area contributed by atoms with E-state index in [0.717, 1.165) is 5.82 Å². The number of imidazole rings is 1. The fourth-order valence-electron chi connectivity index (χ4n) is 0.540. The molecule has 1 aromatic rings. The third-order valence-corrected chi connectivity index (χ3v) is 1.10. The summed E-state index contributed by atoms with van der Waals surface area (Å²) >= 11 is 0. The van der Waals surface area contributed by atoms with Crippen LogP contribution in [0.15, 0.2) is 6.20 Å². The lowest BCUT2D eigenvalue weighted by molar-refractivity contribution is 0.455. The highest BCUT2D eigenvalue weighted by Crippen LogP contribution is 2.03. The topological polar surface area (TPSA) is 38.1 Å². The largest absolute Gasteiger partial charge is 0.492 e. The van der Waals surface area contributed by atoms with Crippen LogP contribution in [0.3, 0.4) is 0 Å². The van der Waals surface area contributed by atoms with Crippen molar-refractivity contribution in [2.45, 2.75) is 6.92 Å². The number of aromatic nitrogens is 2. The van der Waals surface area contributed by atoms with Crippen molar-refractivity contribution in [1.82, 2.24) is 9.55 Å². The van der Waals surface area contributed by atoms with Crippen LogP contribution in [0.2, 0.25) is 0 Å². The lowest BCUT2D eigenvalue weighted by Gasteiger charge is -1.86. The maximum Gasteiger partial charge on any atom is 0.229 e. The minimum absolute atomic E-state index is 0.0880. The molecular weight excluding hydrogens is 104 g/mol. The number of rotatable bonds is 0. The van der Waals surface area contributed by atoms with Gasteiger partial charge in [-0.15, -0.1) is 0 Å². The Balaban J connectivity index is 3.14. The van der Waals surface area contributed by atoms with Gasteiger partial charge in [-0.05, 0) is 6.92 Å². The lowest BCUT2D eigenvalue weighted by atomic mass is 10.7. The van der Waals surface area contributed by atoms with E-state index in [4.69, 9.17) is 5.11 Å². The molecule has 0 bridgehead atoms. The van der Waals surface area contributed by atoms with E-state index in [2.05, 4.69) is 4.98 Å². The highest BCUT2D eigenvalue weighted by atomic mass is 16.3. The molecule has 1 N–H and O–H groups in total. The van der Waals surface area contributed by atoms with Gasteiger partial charge in [-0.25, -0.2) is 0 Å². The van der Waals surface area contributed by atoms with Gasteiger partial charge in [0.15, 0.2) is 0 Å². The van der Waals surface area contributed by atoms with Gasteiger partial charge < -0.3 is 9.67 Å². The minimum Gasteiger partial charge on any atom is -0.492 e. The first-order chi connectivity index (χ1) is 3.70. The van der Waals surface area contributed by atoms with E-state index in [1.807, 2.05) is 14.0 Å². The molecule has 0 aliphatic rings. The number of hydrogen-bond acceptors (Lipinski definition) is 2. The Morgan fingerprint density at radius 1 is 1.75 bits per heavy atom. The van der Waals surface area contributed by atoms with Crippen LogP contribution in [0.25, 0.3) is 0 Å². The summed E-state index contributed by atoms with van der Waals surface area (Å²) in [6, 6.07) is 0. The molecule has 0 aliphatic carbocycles. The van der Waals surface area contributed by atoms with Gasteiger partial charge in [0.05, 0.1) is 6.20 Å². The summed E-state index contributed by atoms with van der Waals surface area (Å²) in [5, 5.41) is 8.70. The fourth-order valence-corrected chi connectivity index (χ4v) is 0.540. The summed E-state index contributed by atoms with van der Waals surface area (Å²) in [5.74, 6) is 0.910. The number of aromatic hydroxyl groups is 1. The van der Waals surface area contributed by atoms with Gasteiger partial charge in [0, 0.05) is 7.05 Å². The molecule has 0 aromatic carbocycles. The highest BCUT2D eigenvalue weighted by molar-refractivity contribution is 5.05. The fraction of sp³-hybridized carbons (Fsp3) is 0.400. The minimum atomic E-state index is 0.0880. The van der Waals surface area contributed by atoms with Crippen molar-refractivity contribution in [3.63, 3.8) is 0 Å². The van der Waals surface area contributed by atoms with Crippen LogP contribution < -0.4 is 0 Å². The lowest BCUT2D eigenvalue weighted by Crippen LogP contribution is -1.86. The molecular formula is C5H8N2O. The Morgan fingerprint density at radius 3 is 2.50 bits per heavy atom. The van der Waals surface area contributed by atoms with E-state index in [1.54, 1.807) is 10.8 Å². The summed E-state index contributed by atoms with van der Waals surface area (Å²) < 4.78 is 1.76. The Bertz CT molecular complexity index is 173. The molecule has 0 unspecified atom stereocenters. The van der Waals surface area contributed by atoms with Crippen molar-refractivity contribution in [3.05, 3.63) is 12.0 Å². The smallest absolute Gasteiger partial charge is 0.229 e. The summed E-state index contributed by atoms with van der Waals surface area (Å²) in [6.45, 7) is 1.83. The average molecular weight is 112 g/mol. The van der Waals surface area contributed by atoms with Crippen LogP contribution in [0, 0.1) is 6.92 Å². The standard InChI is InChI=1S/C5H8N2O/c1-4-6-5(8)3-7(4)2/h3,8H,1-2H3. The van der Waals surface area contributed by atoms with E-state index < -0.39 is 0 Å². The second-order valence-electron chi connectivity index (χ2n) is 1.76. The summed E-state index contributed by atoms with van der Waals surface area (Å²) in [6.07, 6.45) is 1.56. The first kappa shape index (κ1) is 5.15. The van der Waals surface area contributed by atoms with Gasteiger partial charge in [0.1, 0.15) is 5.82 Å². The molecule has 44 valence electrons. The number of aryl methyl sites for hydroxylation is 2. The average Bonchev–Trinajstić information content (AvgIpc) is 1.85. The zero-order chi connectivity index (χ0) is 6.15. The molecule has 0 fully saturated rings. The van der Waals surface area contributed by atoms with Crippen LogP contribution in [-0.2, 0) is 7.05 Å². The second-order valence-corrected chi connectivity index (χ2v) is 1.76. The third kappa shape index (κ3) is 0.665. The third-order valence-electron chi connectivity index (χ3n) is 1.10. The van der Waals surface area contributed by atoms with Gasteiger partial charge in [0.25, 0.3) is 0 Å². The quantitative estimate of drug-likeness (QED) is 0.528. The predicted octanol–water partition coefficient (Wildman–Crippen LogP) is 0.434. The van der Waals surface area contributed by atoms with Gasteiger partial charge in [-0.3, -0.25) is 0 Å². The van der Waals surface area contributed by atoms with Crippen molar-refractivity contribution in [3.8, 4) is 5.88 Å². The van der Waals surface area contributed by atoms with Crippen molar-refractivity contribution in [2.24, 2.45) is 7.05 Å². The predicted molar refractivity (Wildman–Crippen MR) is 29.6 cm³/mol. The molecule has 0 radical (unpaired) electrons. The molecule has 1 heterocycles. The van der Waals surface area contributed by atoms with Crippen LogP contribution in [0.5, 0.6) is 5.88 Å². The molecule has 1 rings (SSSR count). The molecule has 0 spiro atoms. The first-order valence-electron chi connectivity index (χ1n) is 2.39. The number of nitrogens with zero attached hydrogens (tertiary/aromatic N) is 2. The second kappa shape index (κ2) is 1.51. The van der Waals surface area contributed by atoms with Gasteiger partial charge in [-0.1, -0.05) is 0 Å². The van der Waals surface area contributed by atoms with Crippen LogP contribution in [-0.4, -0.2) is 14.7 Å². The van der Waals surface area contributed by atoms with Gasteiger partial charge in [0.2, 0.25) is 5.88 Å². The number of hydrogen-bond donors (Lipinski definition) is 1. The van der Waals surface area contributed by atoms with E-state index in [0.29, 0.717) is 0 Å². The summed E-state index contributed by atoms with van der Waals surface area (Å²) in [5.41, 5.74) is 0. The Kier molecular flexibility index (Phi) is 0.970. The Morgan fingerprint density at radius 2 is 2.38 bits per heavy atom. The summed E-state index contributed by atoms with van der Waals surface area (Å²) in [7, 11) is 1.84. The zero-order valence-electron chi connectivity index (χ0n) is 4.92. The van der Waals surface area contributed by atoms with Crippen LogP contribution in [0.4, 0.5) is 0 Å². The molecule has 3 nitrogen and oxygen atoms in total. The van der Waals surface area contributed by atoms with Crippen molar-refractivity contribution in [1.29, 1.82) is 0 Å². The Labute approximate surface area is 47.6 Å². The van der Waals surface area contributed by atoms with Gasteiger partial charge >= 0.3 is 0 Å². The maximum absolute atomic E-state index is 8.70. The summed E-state index contributed by atoms with van der Waals surface area (Å²) in [4.78, 5) is 3.73. The molecule has 0 aliphatic heterocycles. The van der Waals surface area contributed by atoms with Crippen LogP contribution >= 0.6 is 0 Å². The first-order valence-corrected chi connectivity index (χ1v) is 2.39.